The molecule has 21 heavy (non-hydrogen) atoms. The molecule has 1 aromatic rings. The van der Waals surface area contributed by atoms with Crippen molar-refractivity contribution in [2.45, 2.75) is 19.9 Å². The Bertz CT molecular complexity index is 484. The van der Waals surface area contributed by atoms with Gasteiger partial charge in [-0.05, 0) is 18.1 Å². The number of hydrogen-bond acceptors (Lipinski definition) is 4. The number of morpholine rings is 1. The van der Waals surface area contributed by atoms with Crippen LogP contribution in [0.3, 0.4) is 0 Å². The van der Waals surface area contributed by atoms with E-state index in [1.165, 1.54) is 0 Å². The summed E-state index contributed by atoms with van der Waals surface area (Å²) < 4.78 is 5.25. The number of ether oxygens (including phenoxy) is 1. The highest BCUT2D eigenvalue weighted by Crippen LogP contribution is 2.10. The first-order valence-electron chi connectivity index (χ1n) is 7.17. The van der Waals surface area contributed by atoms with Crippen molar-refractivity contribution < 1.29 is 14.3 Å². The fourth-order valence-electron chi connectivity index (χ4n) is 2.22. The summed E-state index contributed by atoms with van der Waals surface area (Å²) in [6, 6.07) is 2.74. The molecule has 0 bridgehead atoms. The van der Waals surface area contributed by atoms with Crippen molar-refractivity contribution in [3.05, 3.63) is 30.1 Å². The predicted octanol–water partition coefficient (Wildman–Crippen LogP) is 0.695. The second-order valence-electron chi connectivity index (χ2n) is 5.37. The van der Waals surface area contributed by atoms with Crippen LogP contribution in [0.4, 0.5) is 0 Å². The number of rotatable bonds is 4. The number of nitrogens with zero attached hydrogens (tertiary/aromatic N) is 2. The van der Waals surface area contributed by atoms with Gasteiger partial charge in [0.05, 0.1) is 13.2 Å². The number of amides is 2. The molecule has 2 amide bonds. The first-order chi connectivity index (χ1) is 10.1. The van der Waals surface area contributed by atoms with Gasteiger partial charge in [0.15, 0.2) is 0 Å². The third-order valence-electron chi connectivity index (χ3n) is 3.48. The van der Waals surface area contributed by atoms with E-state index in [0.717, 1.165) is 0 Å². The van der Waals surface area contributed by atoms with Crippen molar-refractivity contribution in [2.75, 3.05) is 26.3 Å². The summed E-state index contributed by atoms with van der Waals surface area (Å²) in [5.74, 6) is -0.278. The Morgan fingerprint density at radius 2 is 1.86 bits per heavy atom. The van der Waals surface area contributed by atoms with E-state index in [4.69, 9.17) is 4.74 Å². The van der Waals surface area contributed by atoms with E-state index in [2.05, 4.69) is 10.3 Å². The Hall–Kier alpha value is -1.95. The quantitative estimate of drug-likeness (QED) is 0.886. The third-order valence-corrected chi connectivity index (χ3v) is 3.48. The van der Waals surface area contributed by atoms with Crippen LogP contribution in [0.1, 0.15) is 24.2 Å². The van der Waals surface area contributed by atoms with Crippen molar-refractivity contribution in [1.82, 2.24) is 15.2 Å². The minimum Gasteiger partial charge on any atom is -0.378 e. The fourth-order valence-corrected chi connectivity index (χ4v) is 2.22. The molecule has 0 saturated carbocycles. The number of carbonyl (C=O) groups excluding carboxylic acids is 2. The normalized spacial score (nSPS) is 16.6. The minimum atomic E-state index is -0.524. The Kier molecular flexibility index (Phi) is 5.27. The van der Waals surface area contributed by atoms with E-state index >= 15 is 0 Å². The number of pyridine rings is 1. The summed E-state index contributed by atoms with van der Waals surface area (Å²) in [6.07, 6.45) is 3.12. The maximum Gasteiger partial charge on any atom is 0.252 e. The van der Waals surface area contributed by atoms with Crippen LogP contribution < -0.4 is 5.32 Å². The zero-order chi connectivity index (χ0) is 15.2. The van der Waals surface area contributed by atoms with Crippen LogP contribution in [0.2, 0.25) is 0 Å². The molecule has 6 nitrogen and oxygen atoms in total. The Labute approximate surface area is 124 Å². The van der Waals surface area contributed by atoms with Crippen molar-refractivity contribution in [3.63, 3.8) is 0 Å². The van der Waals surface area contributed by atoms with Crippen molar-refractivity contribution in [1.29, 1.82) is 0 Å². The highest BCUT2D eigenvalue weighted by atomic mass is 16.5. The lowest BCUT2D eigenvalue weighted by molar-refractivity contribution is -0.138. The molecule has 2 heterocycles. The molecule has 1 atom stereocenters. The van der Waals surface area contributed by atoms with Gasteiger partial charge in [0.25, 0.3) is 5.91 Å². The first-order valence-corrected chi connectivity index (χ1v) is 7.17. The van der Waals surface area contributed by atoms with E-state index in [1.807, 2.05) is 13.8 Å². The second kappa shape index (κ2) is 7.17. The van der Waals surface area contributed by atoms with Crippen LogP contribution in [-0.4, -0.2) is 54.0 Å². The van der Waals surface area contributed by atoms with E-state index in [-0.39, 0.29) is 17.7 Å². The molecule has 1 aliphatic heterocycles. The van der Waals surface area contributed by atoms with Gasteiger partial charge in [0, 0.05) is 31.0 Å². The zero-order valence-electron chi connectivity index (χ0n) is 12.4. The highest BCUT2D eigenvalue weighted by Gasteiger charge is 2.29. The second-order valence-corrected chi connectivity index (χ2v) is 5.37. The molecule has 1 saturated heterocycles. The maximum absolute atomic E-state index is 12.5. The monoisotopic (exact) mass is 291 g/mol. The highest BCUT2D eigenvalue weighted by molar-refractivity contribution is 5.97. The minimum absolute atomic E-state index is 0.0196. The summed E-state index contributed by atoms with van der Waals surface area (Å²) in [4.78, 5) is 30.4. The van der Waals surface area contributed by atoms with E-state index in [1.54, 1.807) is 29.4 Å². The molecule has 2 rings (SSSR count). The molecule has 0 spiro atoms. The standard InChI is InChI=1S/C15H21N3O3/c1-11(2)13(15(20)18-7-9-21-10-8-18)17-14(19)12-3-5-16-6-4-12/h3-6,11,13H,7-10H2,1-2H3,(H,17,19)/t13-/m0/s1. The lowest BCUT2D eigenvalue weighted by atomic mass is 10.0. The Morgan fingerprint density at radius 3 is 2.43 bits per heavy atom. The summed E-state index contributed by atoms with van der Waals surface area (Å²) >= 11 is 0. The lowest BCUT2D eigenvalue weighted by Gasteiger charge is -2.32. The molecule has 0 aromatic carbocycles. The molecular formula is C15H21N3O3. The van der Waals surface area contributed by atoms with Gasteiger partial charge in [0.2, 0.25) is 5.91 Å². The summed E-state index contributed by atoms with van der Waals surface area (Å²) in [7, 11) is 0. The van der Waals surface area contributed by atoms with Crippen LogP contribution in [0.25, 0.3) is 0 Å². The molecule has 0 unspecified atom stereocenters. The fraction of sp³-hybridized carbons (Fsp3) is 0.533. The van der Waals surface area contributed by atoms with Crippen molar-refractivity contribution >= 4 is 11.8 Å². The molecule has 114 valence electrons. The molecule has 0 aliphatic carbocycles. The van der Waals surface area contributed by atoms with Crippen LogP contribution in [-0.2, 0) is 9.53 Å². The number of aromatic nitrogens is 1. The molecule has 1 aromatic heterocycles. The van der Waals surface area contributed by atoms with Crippen LogP contribution >= 0.6 is 0 Å². The molecular weight excluding hydrogens is 270 g/mol. The number of carbonyl (C=O) groups is 2. The molecule has 1 aliphatic rings. The Balaban J connectivity index is 2.05. The molecule has 6 heteroatoms. The number of nitrogens with one attached hydrogen (secondary N) is 1. The van der Waals surface area contributed by atoms with Gasteiger partial charge in [-0.25, -0.2) is 0 Å². The summed E-state index contributed by atoms with van der Waals surface area (Å²) in [5, 5.41) is 2.83. The maximum atomic E-state index is 12.5. The average molecular weight is 291 g/mol. The molecule has 1 N–H and O–H groups in total. The Morgan fingerprint density at radius 1 is 1.24 bits per heavy atom. The van der Waals surface area contributed by atoms with E-state index in [0.29, 0.717) is 31.9 Å². The van der Waals surface area contributed by atoms with Crippen LogP contribution in [0, 0.1) is 5.92 Å². The summed E-state index contributed by atoms with van der Waals surface area (Å²) in [6.45, 7) is 6.11. The van der Waals surface area contributed by atoms with Gasteiger partial charge in [0.1, 0.15) is 6.04 Å². The topological polar surface area (TPSA) is 71.5 Å². The van der Waals surface area contributed by atoms with Gasteiger partial charge in [-0.2, -0.15) is 0 Å². The van der Waals surface area contributed by atoms with Crippen LogP contribution in [0.15, 0.2) is 24.5 Å². The van der Waals surface area contributed by atoms with Gasteiger partial charge in [-0.1, -0.05) is 13.8 Å². The van der Waals surface area contributed by atoms with Gasteiger partial charge < -0.3 is 15.0 Å². The van der Waals surface area contributed by atoms with E-state index in [9.17, 15) is 9.59 Å². The first kappa shape index (κ1) is 15.4. The van der Waals surface area contributed by atoms with E-state index < -0.39 is 6.04 Å². The third kappa shape index (κ3) is 4.01. The number of hydrogen-bond donors (Lipinski definition) is 1. The zero-order valence-corrected chi connectivity index (χ0v) is 12.4. The molecule has 0 radical (unpaired) electrons. The summed E-state index contributed by atoms with van der Waals surface area (Å²) in [5.41, 5.74) is 0.505. The molecule has 1 fully saturated rings. The van der Waals surface area contributed by atoms with Crippen molar-refractivity contribution in [2.24, 2.45) is 5.92 Å². The lowest BCUT2D eigenvalue weighted by Crippen LogP contribution is -2.53. The predicted molar refractivity (Wildman–Crippen MR) is 77.7 cm³/mol. The van der Waals surface area contributed by atoms with Gasteiger partial charge >= 0.3 is 0 Å². The average Bonchev–Trinajstić information content (AvgIpc) is 2.53. The van der Waals surface area contributed by atoms with Crippen molar-refractivity contribution in [3.8, 4) is 0 Å². The largest absolute Gasteiger partial charge is 0.378 e. The smallest absolute Gasteiger partial charge is 0.252 e. The van der Waals surface area contributed by atoms with Gasteiger partial charge in [-0.15, -0.1) is 0 Å². The van der Waals surface area contributed by atoms with Gasteiger partial charge in [-0.3, -0.25) is 14.6 Å². The SMILES string of the molecule is CC(C)[C@H](NC(=O)c1ccncc1)C(=O)N1CCOCC1. The van der Waals surface area contributed by atoms with Crippen LogP contribution in [0.5, 0.6) is 0 Å².